The Hall–Kier alpha value is -3.70. The summed E-state index contributed by atoms with van der Waals surface area (Å²) in [7, 11) is 0. The second kappa shape index (κ2) is 11.6. The van der Waals surface area contributed by atoms with Crippen LogP contribution in [0.25, 0.3) is 17.1 Å². The summed E-state index contributed by atoms with van der Waals surface area (Å²) in [6.07, 6.45) is 4.78. The van der Waals surface area contributed by atoms with E-state index in [4.69, 9.17) is 4.74 Å². The molecule has 0 radical (unpaired) electrons. The molecule has 0 unspecified atom stereocenters. The monoisotopic (exact) mass is 552 g/mol. The Morgan fingerprint density at radius 2 is 2.06 bits per heavy atom. The maximum Gasteiger partial charge on any atom is 0.250 e. The van der Waals surface area contributed by atoms with Crippen molar-refractivity contribution in [3.63, 3.8) is 0 Å². The Labute approximate surface area is 214 Å². The van der Waals surface area contributed by atoms with Crippen molar-refractivity contribution in [2.24, 2.45) is 5.10 Å². The van der Waals surface area contributed by atoms with Crippen LogP contribution in [0, 0.1) is 0 Å². The number of hydrogen-bond acceptors (Lipinski definition) is 8. The van der Waals surface area contributed by atoms with E-state index < -0.39 is 0 Å². The second-order valence-corrected chi connectivity index (χ2v) is 8.95. The van der Waals surface area contributed by atoms with Gasteiger partial charge in [-0.15, -0.1) is 10.2 Å². The molecule has 0 saturated carbocycles. The number of rotatable bonds is 9. The Balaban J connectivity index is 1.51. The quantitative estimate of drug-likeness (QED) is 0.179. The molecule has 2 aromatic heterocycles. The van der Waals surface area contributed by atoms with Gasteiger partial charge in [0.2, 0.25) is 0 Å². The van der Waals surface area contributed by atoms with Crippen LogP contribution in [0.3, 0.4) is 0 Å². The van der Waals surface area contributed by atoms with E-state index in [-0.39, 0.29) is 17.4 Å². The van der Waals surface area contributed by atoms with Crippen LogP contribution in [0.2, 0.25) is 0 Å². The van der Waals surface area contributed by atoms with Gasteiger partial charge in [0.05, 0.1) is 18.6 Å². The number of nitrogens with one attached hydrogen (secondary N) is 1. The SMILES string of the molecule is CCOc1ccc(-n2c(SCC(=O)NN=Cc3cc(Br)ccc3O)nnc2-c2cccnc2)cc1. The van der Waals surface area contributed by atoms with E-state index >= 15 is 0 Å². The highest BCUT2D eigenvalue weighted by Gasteiger charge is 2.17. The first-order valence-corrected chi connectivity index (χ1v) is 12.3. The largest absolute Gasteiger partial charge is 0.507 e. The summed E-state index contributed by atoms with van der Waals surface area (Å²) in [6, 6.07) is 16.2. The predicted molar refractivity (Wildman–Crippen MR) is 138 cm³/mol. The molecular weight excluding hydrogens is 532 g/mol. The van der Waals surface area contributed by atoms with Crippen molar-refractivity contribution in [3.05, 3.63) is 77.0 Å². The number of carbonyl (C=O) groups is 1. The van der Waals surface area contributed by atoms with E-state index in [9.17, 15) is 9.90 Å². The van der Waals surface area contributed by atoms with Gasteiger partial charge in [-0.3, -0.25) is 14.3 Å². The Morgan fingerprint density at radius 1 is 1.23 bits per heavy atom. The van der Waals surface area contributed by atoms with Gasteiger partial charge in [-0.2, -0.15) is 5.10 Å². The number of nitrogens with zero attached hydrogens (tertiary/aromatic N) is 5. The number of hydrazone groups is 1. The molecule has 2 heterocycles. The fourth-order valence-electron chi connectivity index (χ4n) is 3.10. The van der Waals surface area contributed by atoms with Gasteiger partial charge in [-0.05, 0) is 61.5 Å². The van der Waals surface area contributed by atoms with Crippen molar-refractivity contribution in [2.45, 2.75) is 12.1 Å². The number of carbonyl (C=O) groups excluding carboxylic acids is 1. The standard InChI is InChI=1S/C24H21BrN6O3S/c1-2-34-20-8-6-19(7-9-20)31-23(16-4-3-11-26-13-16)29-30-24(31)35-15-22(33)28-27-14-17-12-18(25)5-10-21(17)32/h3-14,32H,2,15H2,1H3,(H,28,33). The highest BCUT2D eigenvalue weighted by atomic mass is 79.9. The van der Waals surface area contributed by atoms with E-state index in [2.05, 4.69) is 41.6 Å². The molecule has 0 aliphatic carbocycles. The zero-order valence-electron chi connectivity index (χ0n) is 18.6. The summed E-state index contributed by atoms with van der Waals surface area (Å²) >= 11 is 4.56. The van der Waals surface area contributed by atoms with Gasteiger partial charge in [-0.1, -0.05) is 27.7 Å². The number of benzene rings is 2. The van der Waals surface area contributed by atoms with Crippen LogP contribution >= 0.6 is 27.7 Å². The summed E-state index contributed by atoms with van der Waals surface area (Å²) in [5, 5.41) is 23.0. The molecule has 0 aliphatic heterocycles. The smallest absolute Gasteiger partial charge is 0.250 e. The first-order valence-electron chi connectivity index (χ1n) is 10.6. The van der Waals surface area contributed by atoms with Gasteiger partial charge < -0.3 is 9.84 Å². The number of aromatic hydroxyl groups is 1. The van der Waals surface area contributed by atoms with E-state index in [1.165, 1.54) is 24.0 Å². The molecule has 11 heteroatoms. The summed E-state index contributed by atoms with van der Waals surface area (Å²) in [6.45, 7) is 2.51. The summed E-state index contributed by atoms with van der Waals surface area (Å²) in [4.78, 5) is 16.6. The summed E-state index contributed by atoms with van der Waals surface area (Å²) < 4.78 is 8.20. The molecular formula is C24H21BrN6O3S. The molecule has 9 nitrogen and oxygen atoms in total. The third kappa shape index (κ3) is 6.25. The van der Waals surface area contributed by atoms with Crippen LogP contribution in [0.4, 0.5) is 0 Å². The number of phenolic OH excluding ortho intramolecular Hbond substituents is 1. The third-order valence-corrected chi connectivity index (χ3v) is 6.10. The van der Waals surface area contributed by atoms with E-state index in [1.54, 1.807) is 24.5 Å². The van der Waals surface area contributed by atoms with Crippen molar-refractivity contribution in [3.8, 4) is 28.6 Å². The molecule has 0 saturated heterocycles. The summed E-state index contributed by atoms with van der Waals surface area (Å²) in [5.41, 5.74) is 4.56. The molecule has 178 valence electrons. The molecule has 0 atom stereocenters. The molecule has 35 heavy (non-hydrogen) atoms. The van der Waals surface area contributed by atoms with Crippen LogP contribution in [-0.2, 0) is 4.79 Å². The normalized spacial score (nSPS) is 11.0. The van der Waals surface area contributed by atoms with Crippen LogP contribution < -0.4 is 10.2 Å². The maximum absolute atomic E-state index is 12.4. The zero-order valence-corrected chi connectivity index (χ0v) is 21.0. The first kappa shape index (κ1) is 24.4. The number of pyridine rings is 1. The minimum Gasteiger partial charge on any atom is -0.507 e. The average molecular weight is 553 g/mol. The average Bonchev–Trinajstić information content (AvgIpc) is 3.30. The lowest BCUT2D eigenvalue weighted by Gasteiger charge is -2.11. The number of aromatic nitrogens is 4. The predicted octanol–water partition coefficient (Wildman–Crippen LogP) is 4.44. The Kier molecular flexibility index (Phi) is 8.11. The lowest BCUT2D eigenvalue weighted by Crippen LogP contribution is -2.20. The van der Waals surface area contributed by atoms with E-state index in [0.29, 0.717) is 23.2 Å². The van der Waals surface area contributed by atoms with Crippen molar-refractivity contribution in [1.29, 1.82) is 0 Å². The molecule has 0 fully saturated rings. The molecule has 2 aromatic carbocycles. The third-order valence-electron chi connectivity index (χ3n) is 4.67. The van der Waals surface area contributed by atoms with Gasteiger partial charge in [0.25, 0.3) is 5.91 Å². The fraction of sp³-hybridized carbons (Fsp3) is 0.125. The van der Waals surface area contributed by atoms with Crippen LogP contribution in [0.15, 0.2) is 81.7 Å². The summed E-state index contributed by atoms with van der Waals surface area (Å²) in [5.74, 6) is 1.16. The lowest BCUT2D eigenvalue weighted by molar-refractivity contribution is -0.118. The number of hydrogen-bond donors (Lipinski definition) is 2. The van der Waals surface area contributed by atoms with Crippen LogP contribution in [0.1, 0.15) is 12.5 Å². The van der Waals surface area contributed by atoms with Crippen molar-refractivity contribution < 1.29 is 14.6 Å². The minimum atomic E-state index is -0.329. The topological polar surface area (TPSA) is 115 Å². The van der Waals surface area contributed by atoms with Crippen molar-refractivity contribution in [2.75, 3.05) is 12.4 Å². The van der Waals surface area contributed by atoms with Gasteiger partial charge in [0.1, 0.15) is 11.5 Å². The molecule has 0 aliphatic rings. The van der Waals surface area contributed by atoms with Crippen molar-refractivity contribution in [1.82, 2.24) is 25.2 Å². The number of halogens is 1. The van der Waals surface area contributed by atoms with E-state index in [0.717, 1.165) is 21.5 Å². The first-order chi connectivity index (χ1) is 17.0. The van der Waals surface area contributed by atoms with Gasteiger partial charge in [-0.25, -0.2) is 5.43 Å². The van der Waals surface area contributed by atoms with Gasteiger partial charge in [0.15, 0.2) is 11.0 Å². The van der Waals surface area contributed by atoms with Crippen LogP contribution in [0.5, 0.6) is 11.5 Å². The lowest BCUT2D eigenvalue weighted by atomic mass is 10.2. The molecule has 4 rings (SSSR count). The van der Waals surface area contributed by atoms with Gasteiger partial charge >= 0.3 is 0 Å². The molecule has 0 spiro atoms. The minimum absolute atomic E-state index is 0.0595. The highest BCUT2D eigenvalue weighted by Crippen LogP contribution is 2.28. The molecule has 2 N–H and O–H groups in total. The molecule has 1 amide bonds. The molecule has 4 aromatic rings. The Morgan fingerprint density at radius 3 is 2.80 bits per heavy atom. The zero-order chi connectivity index (χ0) is 24.6. The van der Waals surface area contributed by atoms with Crippen molar-refractivity contribution >= 4 is 39.8 Å². The fourth-order valence-corrected chi connectivity index (χ4v) is 4.22. The Bertz CT molecular complexity index is 1330. The maximum atomic E-state index is 12.4. The van der Waals surface area contributed by atoms with E-state index in [1.807, 2.05) is 47.9 Å². The number of amides is 1. The second-order valence-electron chi connectivity index (χ2n) is 7.10. The highest BCUT2D eigenvalue weighted by molar-refractivity contribution is 9.10. The number of thioether (sulfide) groups is 1. The number of phenols is 1. The van der Waals surface area contributed by atoms with Crippen LogP contribution in [-0.4, -0.2) is 49.3 Å². The number of ether oxygens (including phenoxy) is 1. The van der Waals surface area contributed by atoms with Gasteiger partial charge in [0, 0.05) is 33.7 Å². The molecule has 0 bridgehead atoms.